The van der Waals surface area contributed by atoms with E-state index in [1.807, 2.05) is 0 Å². The Bertz CT molecular complexity index is 506. The van der Waals surface area contributed by atoms with Crippen LogP contribution in [-0.2, 0) is 0 Å². The molecule has 0 radical (unpaired) electrons. The number of likely N-dealkylation sites (tertiary alicyclic amines) is 6. The third kappa shape index (κ3) is 5.21. The summed E-state index contributed by atoms with van der Waals surface area (Å²) >= 11 is 0. The molecular formula is C24H48N6. The molecule has 1 spiro atoms. The van der Waals surface area contributed by atoms with Gasteiger partial charge in [0.2, 0.25) is 0 Å². The lowest BCUT2D eigenvalue weighted by atomic mass is 9.86. The topological polar surface area (TPSA) is 19.4 Å². The summed E-state index contributed by atoms with van der Waals surface area (Å²) in [6, 6.07) is 1.75. The zero-order chi connectivity index (χ0) is 21.5. The van der Waals surface area contributed by atoms with Gasteiger partial charge in [-0.3, -0.25) is 0 Å². The van der Waals surface area contributed by atoms with Crippen molar-refractivity contribution in [1.29, 1.82) is 0 Å². The van der Waals surface area contributed by atoms with E-state index >= 15 is 0 Å². The Morgan fingerprint density at radius 2 is 0.933 bits per heavy atom. The molecule has 30 heavy (non-hydrogen) atoms. The van der Waals surface area contributed by atoms with E-state index in [1.165, 1.54) is 84.7 Å². The highest BCUT2D eigenvalue weighted by Crippen LogP contribution is 2.38. The molecule has 0 amide bonds. The summed E-state index contributed by atoms with van der Waals surface area (Å²) in [5, 5.41) is 0. The molecule has 6 saturated heterocycles. The van der Waals surface area contributed by atoms with E-state index in [2.05, 4.69) is 71.7 Å². The third-order valence-corrected chi connectivity index (χ3v) is 8.90. The average Bonchev–Trinajstić information content (AvgIpc) is 3.47. The van der Waals surface area contributed by atoms with Crippen LogP contribution < -0.4 is 0 Å². The highest BCUT2D eigenvalue weighted by Gasteiger charge is 2.41. The van der Waals surface area contributed by atoms with Gasteiger partial charge in [-0.1, -0.05) is 0 Å². The van der Waals surface area contributed by atoms with Crippen molar-refractivity contribution in [2.45, 2.75) is 31.3 Å². The number of hydrogen-bond acceptors (Lipinski definition) is 6. The molecule has 6 nitrogen and oxygen atoms in total. The minimum Gasteiger partial charge on any atom is -0.306 e. The van der Waals surface area contributed by atoms with E-state index in [4.69, 9.17) is 0 Å². The van der Waals surface area contributed by atoms with Crippen LogP contribution >= 0.6 is 0 Å². The van der Waals surface area contributed by atoms with Gasteiger partial charge in [-0.05, 0) is 91.9 Å². The van der Waals surface area contributed by atoms with E-state index < -0.39 is 0 Å². The molecule has 6 heterocycles. The Hall–Kier alpha value is -0.240. The maximum absolute atomic E-state index is 2.48. The predicted octanol–water partition coefficient (Wildman–Crippen LogP) is 0.758. The Morgan fingerprint density at radius 1 is 0.533 bits per heavy atom. The van der Waals surface area contributed by atoms with Crippen LogP contribution in [0, 0.1) is 17.3 Å². The minimum atomic E-state index is 0.684. The van der Waals surface area contributed by atoms with Gasteiger partial charge in [0.05, 0.1) is 0 Å². The average molecular weight is 421 g/mol. The van der Waals surface area contributed by atoms with Crippen molar-refractivity contribution in [2.75, 3.05) is 108 Å². The van der Waals surface area contributed by atoms with Crippen LogP contribution in [0.5, 0.6) is 0 Å². The summed E-state index contributed by atoms with van der Waals surface area (Å²) < 4.78 is 0. The van der Waals surface area contributed by atoms with Gasteiger partial charge in [0.25, 0.3) is 0 Å². The molecule has 6 fully saturated rings. The first kappa shape index (κ1) is 22.9. The first-order chi connectivity index (χ1) is 14.2. The standard InChI is InChI=1S/C9H18N2.C8H16N2.C7H14N2/c1-10-5-3-9(7-10)4-6-11(2)8-9;1-9-3-7-5-10(2)6-8(7)4-9;1-8-4-7-3-6(8)5-9(7)2/h3-8H2,1-2H3;7-8H,3-6H2,1-2H3;6-7H,3-5H2,1-2H3. The summed E-state index contributed by atoms with van der Waals surface area (Å²) in [7, 11) is 13.4. The molecule has 6 aliphatic heterocycles. The van der Waals surface area contributed by atoms with E-state index in [1.54, 1.807) is 0 Å². The number of likely N-dealkylation sites (N-methyl/N-ethyl adjacent to an activating group) is 2. The van der Waals surface area contributed by atoms with E-state index in [9.17, 15) is 0 Å². The Morgan fingerprint density at radius 3 is 1.20 bits per heavy atom. The van der Waals surface area contributed by atoms with Gasteiger partial charge in [-0.25, -0.2) is 0 Å². The highest BCUT2D eigenvalue weighted by atomic mass is 15.3. The molecule has 0 aromatic heterocycles. The Balaban J connectivity index is 0.000000109. The summed E-state index contributed by atoms with van der Waals surface area (Å²) in [5.41, 5.74) is 0.684. The molecule has 6 rings (SSSR count). The van der Waals surface area contributed by atoms with Crippen LogP contribution in [0.15, 0.2) is 0 Å². The maximum Gasteiger partial charge on any atom is 0.0236 e. The number of nitrogens with zero attached hydrogens (tertiary/aromatic N) is 6. The maximum atomic E-state index is 2.48. The first-order valence-corrected chi connectivity index (χ1v) is 12.4. The van der Waals surface area contributed by atoms with Crippen LogP contribution in [0.2, 0.25) is 0 Å². The Kier molecular flexibility index (Phi) is 7.13. The second-order valence-corrected chi connectivity index (χ2v) is 11.9. The van der Waals surface area contributed by atoms with Crippen molar-refractivity contribution < 1.29 is 0 Å². The predicted molar refractivity (Wildman–Crippen MR) is 126 cm³/mol. The van der Waals surface area contributed by atoms with E-state index in [0.717, 1.165) is 23.9 Å². The number of piperazine rings is 1. The zero-order valence-corrected chi connectivity index (χ0v) is 20.7. The van der Waals surface area contributed by atoms with Crippen molar-refractivity contribution >= 4 is 0 Å². The smallest absolute Gasteiger partial charge is 0.0236 e. The fraction of sp³-hybridized carbons (Fsp3) is 1.00. The third-order valence-electron chi connectivity index (χ3n) is 8.90. The molecule has 0 N–H and O–H groups in total. The minimum absolute atomic E-state index is 0.684. The van der Waals surface area contributed by atoms with Gasteiger partial charge in [0, 0.05) is 64.4 Å². The molecule has 0 aliphatic carbocycles. The summed E-state index contributed by atoms with van der Waals surface area (Å²) in [6.45, 7) is 13.2. The first-order valence-electron chi connectivity index (χ1n) is 12.4. The molecule has 2 bridgehead atoms. The van der Waals surface area contributed by atoms with Crippen molar-refractivity contribution in [3.05, 3.63) is 0 Å². The molecule has 2 atom stereocenters. The van der Waals surface area contributed by atoms with Crippen LogP contribution in [0.25, 0.3) is 0 Å². The van der Waals surface area contributed by atoms with Crippen LogP contribution in [-0.4, -0.2) is 149 Å². The Labute approximate surface area is 186 Å². The molecule has 0 aromatic rings. The SMILES string of the molecule is CN1CC2CC1CN2C.CN1CC2CN(C)CC2C1.CN1CCC2(CCN(C)C2)C1. The van der Waals surface area contributed by atoms with Crippen LogP contribution in [0.4, 0.5) is 0 Å². The molecule has 174 valence electrons. The fourth-order valence-electron chi connectivity index (χ4n) is 7.18. The van der Waals surface area contributed by atoms with E-state index in [-0.39, 0.29) is 0 Å². The van der Waals surface area contributed by atoms with Crippen molar-refractivity contribution in [1.82, 2.24) is 29.4 Å². The summed E-state index contributed by atoms with van der Waals surface area (Å²) in [4.78, 5) is 14.8. The number of fused-ring (bicyclic) bond motifs is 3. The van der Waals surface area contributed by atoms with Gasteiger partial charge in [-0.15, -0.1) is 0 Å². The normalized spacial score (nSPS) is 39.4. The molecular weight excluding hydrogens is 372 g/mol. The lowest BCUT2D eigenvalue weighted by Crippen LogP contribution is -2.42. The lowest BCUT2D eigenvalue weighted by molar-refractivity contribution is 0.176. The van der Waals surface area contributed by atoms with E-state index in [0.29, 0.717) is 5.41 Å². The molecule has 6 heteroatoms. The van der Waals surface area contributed by atoms with Crippen molar-refractivity contribution in [3.63, 3.8) is 0 Å². The molecule has 0 aromatic carbocycles. The molecule has 6 aliphatic rings. The highest BCUT2D eigenvalue weighted by molar-refractivity contribution is 4.97. The van der Waals surface area contributed by atoms with Gasteiger partial charge in [0.1, 0.15) is 0 Å². The monoisotopic (exact) mass is 420 g/mol. The largest absolute Gasteiger partial charge is 0.306 e. The van der Waals surface area contributed by atoms with Crippen molar-refractivity contribution in [3.8, 4) is 0 Å². The lowest BCUT2D eigenvalue weighted by Gasteiger charge is -2.28. The zero-order valence-electron chi connectivity index (χ0n) is 20.7. The molecule has 0 saturated carbocycles. The van der Waals surface area contributed by atoms with Crippen LogP contribution in [0.3, 0.4) is 0 Å². The molecule has 2 unspecified atom stereocenters. The summed E-state index contributed by atoms with van der Waals surface area (Å²) in [5.74, 6) is 1.96. The quantitative estimate of drug-likeness (QED) is 0.572. The van der Waals surface area contributed by atoms with Gasteiger partial charge in [-0.2, -0.15) is 0 Å². The summed E-state index contributed by atoms with van der Waals surface area (Å²) in [6.07, 6.45) is 4.26. The second kappa shape index (κ2) is 9.32. The van der Waals surface area contributed by atoms with Gasteiger partial charge in [0.15, 0.2) is 0 Å². The van der Waals surface area contributed by atoms with Crippen LogP contribution in [0.1, 0.15) is 19.3 Å². The van der Waals surface area contributed by atoms with Crippen molar-refractivity contribution in [2.24, 2.45) is 17.3 Å². The number of hydrogen-bond donors (Lipinski definition) is 0. The second-order valence-electron chi connectivity index (χ2n) is 11.9. The fourth-order valence-corrected chi connectivity index (χ4v) is 7.18. The van der Waals surface area contributed by atoms with Gasteiger partial charge < -0.3 is 29.4 Å². The number of rotatable bonds is 0. The van der Waals surface area contributed by atoms with Gasteiger partial charge >= 0.3 is 0 Å².